The molecule has 0 aliphatic rings. The van der Waals surface area contributed by atoms with Crippen LogP contribution in [0.2, 0.25) is 0 Å². The Morgan fingerprint density at radius 1 is 1.17 bits per heavy atom. The van der Waals surface area contributed by atoms with Crippen LogP contribution in [0.3, 0.4) is 0 Å². The van der Waals surface area contributed by atoms with Crippen LogP contribution in [-0.4, -0.2) is 26.3 Å². The number of nitrogens with zero attached hydrogens (tertiary/aromatic N) is 1. The van der Waals surface area contributed by atoms with E-state index < -0.39 is 33.9 Å². The van der Waals surface area contributed by atoms with Gasteiger partial charge in [-0.25, -0.2) is 8.98 Å². The molecule has 0 atom stereocenters. The second kappa shape index (κ2) is 4.99. The molecule has 0 heterocycles. The van der Waals surface area contributed by atoms with Gasteiger partial charge >= 0.3 is 16.5 Å². The van der Waals surface area contributed by atoms with E-state index in [9.17, 15) is 26.4 Å². The van der Waals surface area contributed by atoms with Crippen LogP contribution in [0.25, 0.3) is 0 Å². The third-order valence-corrected chi connectivity index (χ3v) is 3.07. The maximum atomic E-state index is 12.7. The van der Waals surface area contributed by atoms with Gasteiger partial charge in [-0.2, -0.15) is 21.6 Å². The van der Waals surface area contributed by atoms with Crippen molar-refractivity contribution in [2.24, 2.45) is 9.81 Å². The van der Waals surface area contributed by atoms with Gasteiger partial charge in [0.1, 0.15) is 0 Å². The lowest BCUT2D eigenvalue weighted by molar-refractivity contribution is -0.223. The fourth-order valence-electron chi connectivity index (χ4n) is 1.54. The van der Waals surface area contributed by atoms with Crippen molar-refractivity contribution in [1.82, 2.24) is 0 Å². The maximum absolute atomic E-state index is 12.7. The van der Waals surface area contributed by atoms with Crippen molar-refractivity contribution in [1.29, 1.82) is 0 Å². The van der Waals surface area contributed by atoms with Crippen LogP contribution in [0.5, 0.6) is 0 Å². The number of hydrogen-bond donors (Lipinski definition) is 0. The fraction of sp³-hybridized carbons (Fsp3) is 0.889. The minimum Gasteiger partial charge on any atom is -0.246 e. The first-order valence-corrected chi connectivity index (χ1v) is 6.20. The highest BCUT2D eigenvalue weighted by Gasteiger charge is 2.50. The number of rotatable bonds is 5. The first-order chi connectivity index (χ1) is 7.72. The monoisotopic (exact) mass is 289 g/mol. The van der Waals surface area contributed by atoms with E-state index >= 15 is 0 Å². The van der Waals surface area contributed by atoms with E-state index in [1.54, 1.807) is 0 Å². The topological polar surface area (TPSA) is 72.8 Å². The predicted octanol–water partition coefficient (Wildman–Crippen LogP) is 2.34. The summed E-state index contributed by atoms with van der Waals surface area (Å²) in [5.41, 5.74) is -3.80. The third-order valence-electron chi connectivity index (χ3n) is 2.12. The molecular formula is C9H14F3NO4S. The summed E-state index contributed by atoms with van der Waals surface area (Å²) in [7, 11) is -4.57. The highest BCUT2D eigenvalue weighted by Crippen LogP contribution is 2.44. The normalized spacial score (nSPS) is 14.2. The van der Waals surface area contributed by atoms with E-state index in [0.717, 1.165) is 19.9 Å². The van der Waals surface area contributed by atoms with E-state index in [1.165, 1.54) is 13.8 Å². The van der Waals surface area contributed by atoms with Crippen LogP contribution in [0, 0.1) is 5.41 Å². The largest absolute Gasteiger partial charge is 0.394 e. The molecule has 106 valence electrons. The number of isocyanates is 1. The summed E-state index contributed by atoms with van der Waals surface area (Å²) in [5, 5.41) is 0. The summed E-state index contributed by atoms with van der Waals surface area (Å²) in [4.78, 5) is 9.82. The molecule has 0 rings (SSSR count). The third kappa shape index (κ3) is 5.16. The van der Waals surface area contributed by atoms with Crippen molar-refractivity contribution >= 4 is 16.4 Å². The maximum Gasteiger partial charge on any atom is 0.394 e. The van der Waals surface area contributed by atoms with Gasteiger partial charge in [-0.3, -0.25) is 0 Å². The lowest BCUT2D eigenvalue weighted by atomic mass is 9.81. The van der Waals surface area contributed by atoms with Crippen LogP contribution in [0.15, 0.2) is 4.40 Å². The van der Waals surface area contributed by atoms with Crippen molar-refractivity contribution in [3.05, 3.63) is 0 Å². The van der Waals surface area contributed by atoms with Crippen molar-refractivity contribution in [2.45, 2.75) is 45.9 Å². The summed E-state index contributed by atoms with van der Waals surface area (Å²) in [6.07, 6.45) is -4.36. The summed E-state index contributed by atoms with van der Waals surface area (Å²) in [5.74, 6) is 0. The predicted molar refractivity (Wildman–Crippen MR) is 56.7 cm³/mol. The first kappa shape index (κ1) is 17.1. The van der Waals surface area contributed by atoms with Crippen LogP contribution in [0.4, 0.5) is 13.2 Å². The Hall–Kier alpha value is -0.920. The quantitative estimate of drug-likeness (QED) is 0.575. The summed E-state index contributed by atoms with van der Waals surface area (Å²) in [6, 6.07) is 0. The fourth-order valence-corrected chi connectivity index (χ4v) is 2.30. The minimum absolute atomic E-state index is 0.614. The molecule has 0 saturated carbocycles. The second-order valence-corrected chi connectivity index (χ2v) is 6.22. The molecule has 0 amide bonds. The van der Waals surface area contributed by atoms with E-state index in [1.807, 2.05) is 0 Å². The van der Waals surface area contributed by atoms with Crippen molar-refractivity contribution in [2.75, 3.05) is 0 Å². The Labute approximate surface area is 103 Å². The molecule has 0 aliphatic carbocycles. The zero-order chi connectivity index (χ0) is 14.8. The first-order valence-electron chi connectivity index (χ1n) is 4.84. The number of halogens is 3. The molecule has 18 heavy (non-hydrogen) atoms. The van der Waals surface area contributed by atoms with E-state index in [-0.39, 0.29) is 0 Å². The number of carbonyl (C=O) groups excluding carboxylic acids is 1. The molecule has 9 heteroatoms. The average Bonchev–Trinajstić information content (AvgIpc) is 1.94. The standard InChI is InChI=1S/C9H14F3NO4S/c1-7(2,9(10,11)12)5-8(3,4)17-18(15,16)13-6-14/h5H2,1-4H3. The van der Waals surface area contributed by atoms with Gasteiger partial charge in [0, 0.05) is 0 Å². The SMILES string of the molecule is CC(C)(CC(C)(C)C(F)(F)F)OS(=O)(=O)N=C=O. The molecule has 0 unspecified atom stereocenters. The molecule has 0 aliphatic heterocycles. The van der Waals surface area contributed by atoms with E-state index in [0.29, 0.717) is 0 Å². The van der Waals surface area contributed by atoms with Crippen molar-refractivity contribution in [3.8, 4) is 0 Å². The van der Waals surface area contributed by atoms with Crippen molar-refractivity contribution < 1.29 is 30.6 Å². The molecule has 5 nitrogen and oxygen atoms in total. The molecule has 0 aromatic heterocycles. The van der Waals surface area contributed by atoms with E-state index in [4.69, 9.17) is 0 Å². The molecule has 0 saturated heterocycles. The molecule has 0 bridgehead atoms. The Balaban J connectivity index is 5.05. The van der Waals surface area contributed by atoms with Gasteiger partial charge in [0.2, 0.25) is 0 Å². The van der Waals surface area contributed by atoms with Crippen LogP contribution >= 0.6 is 0 Å². The Morgan fingerprint density at radius 2 is 1.61 bits per heavy atom. The smallest absolute Gasteiger partial charge is 0.246 e. The number of hydrogen-bond acceptors (Lipinski definition) is 4. The van der Waals surface area contributed by atoms with Gasteiger partial charge < -0.3 is 0 Å². The Morgan fingerprint density at radius 3 is 1.94 bits per heavy atom. The minimum atomic E-state index is -4.57. The van der Waals surface area contributed by atoms with Gasteiger partial charge in [-0.1, -0.05) is 18.2 Å². The van der Waals surface area contributed by atoms with Gasteiger partial charge in [0.15, 0.2) is 0 Å². The zero-order valence-corrected chi connectivity index (χ0v) is 11.1. The zero-order valence-electron chi connectivity index (χ0n) is 10.3. The average molecular weight is 289 g/mol. The Kier molecular flexibility index (Phi) is 4.73. The second-order valence-electron chi connectivity index (χ2n) is 5.01. The lowest BCUT2D eigenvalue weighted by Gasteiger charge is -2.34. The highest BCUT2D eigenvalue weighted by molar-refractivity contribution is 7.85. The lowest BCUT2D eigenvalue weighted by Crippen LogP contribution is -2.41. The van der Waals surface area contributed by atoms with Crippen molar-refractivity contribution in [3.63, 3.8) is 0 Å². The molecule has 0 radical (unpaired) electrons. The summed E-state index contributed by atoms with van der Waals surface area (Å²) < 4.78 is 66.9. The van der Waals surface area contributed by atoms with Gasteiger partial charge in [0.25, 0.3) is 6.08 Å². The molecule has 0 fully saturated rings. The molecule has 0 aromatic rings. The molecule has 0 aromatic carbocycles. The molecule has 0 spiro atoms. The number of alkyl halides is 3. The van der Waals surface area contributed by atoms with Gasteiger partial charge in [-0.15, -0.1) is 0 Å². The van der Waals surface area contributed by atoms with Crippen LogP contribution in [-0.2, 0) is 19.3 Å². The molecule has 0 N–H and O–H groups in total. The molecular weight excluding hydrogens is 275 g/mol. The van der Waals surface area contributed by atoms with Gasteiger partial charge in [0.05, 0.1) is 11.0 Å². The summed E-state index contributed by atoms with van der Waals surface area (Å²) >= 11 is 0. The van der Waals surface area contributed by atoms with Gasteiger partial charge in [-0.05, 0) is 20.3 Å². The highest BCUT2D eigenvalue weighted by atomic mass is 32.2. The Bertz CT molecular complexity index is 447. The summed E-state index contributed by atoms with van der Waals surface area (Å²) in [6.45, 7) is 4.18. The van der Waals surface area contributed by atoms with E-state index in [2.05, 4.69) is 8.58 Å². The van der Waals surface area contributed by atoms with Crippen LogP contribution < -0.4 is 0 Å². The van der Waals surface area contributed by atoms with Crippen LogP contribution in [0.1, 0.15) is 34.1 Å².